The van der Waals surface area contributed by atoms with E-state index in [0.717, 1.165) is 0 Å². The molecule has 0 aliphatic rings. The van der Waals surface area contributed by atoms with Crippen molar-refractivity contribution in [2.75, 3.05) is 7.11 Å². The van der Waals surface area contributed by atoms with Gasteiger partial charge in [0.05, 0.1) is 12.2 Å². The van der Waals surface area contributed by atoms with Gasteiger partial charge >= 0.3 is 0 Å². The minimum Gasteiger partial charge on any atom is -0.593 e. The molecule has 0 aliphatic heterocycles. The normalized spacial score (nSPS) is 10.6. The average molecular weight is 177 g/mol. The Kier molecular flexibility index (Phi) is 2.82. The second kappa shape index (κ2) is 4.07. The van der Waals surface area contributed by atoms with Gasteiger partial charge in [0, 0.05) is 6.07 Å². The van der Waals surface area contributed by atoms with Crippen LogP contribution in [-0.2, 0) is 0 Å². The summed E-state index contributed by atoms with van der Waals surface area (Å²) < 4.78 is 4.90. The van der Waals surface area contributed by atoms with Gasteiger partial charge in [-0.25, -0.2) is 0 Å². The number of nitrogens with zero attached hydrogens (tertiary/aromatic N) is 3. The lowest BCUT2D eigenvalue weighted by Gasteiger charge is -2.02. The van der Waals surface area contributed by atoms with Gasteiger partial charge in [-0.15, -0.1) is 0 Å². The zero-order valence-electron chi connectivity index (χ0n) is 6.97. The van der Waals surface area contributed by atoms with Gasteiger partial charge in [0.1, 0.15) is 0 Å². The molecule has 1 aromatic rings. The number of para-hydroxylation sites is 2. The van der Waals surface area contributed by atoms with Crippen LogP contribution in [0.3, 0.4) is 0 Å². The predicted octanol–water partition coefficient (Wildman–Crippen LogP) is 1.77. The minimum absolute atomic E-state index is 0.214. The average Bonchev–Trinajstić information content (AvgIpc) is 2.18. The number of hydrogen-bond donors (Lipinski definition) is 0. The summed E-state index contributed by atoms with van der Waals surface area (Å²) in [6.07, 6.45) is 1.40. The minimum atomic E-state index is 0.214. The molecule has 0 bridgehead atoms. The Labute approximate surface area is 75.1 Å². The van der Waals surface area contributed by atoms with Gasteiger partial charge in [-0.1, -0.05) is 12.1 Å². The van der Waals surface area contributed by atoms with Crippen LogP contribution in [0.2, 0.25) is 0 Å². The highest BCUT2D eigenvalue weighted by Crippen LogP contribution is 2.25. The summed E-state index contributed by atoms with van der Waals surface area (Å²) >= 11 is 0. The van der Waals surface area contributed by atoms with E-state index in [9.17, 15) is 5.21 Å². The molecule has 5 nitrogen and oxygen atoms in total. The summed E-state index contributed by atoms with van der Waals surface area (Å²) in [6.45, 7) is 0. The molecule has 1 aromatic carbocycles. The third-order valence-electron chi connectivity index (χ3n) is 1.43. The Morgan fingerprint density at radius 3 is 2.85 bits per heavy atom. The lowest BCUT2D eigenvalue weighted by molar-refractivity contribution is -0.436. The van der Waals surface area contributed by atoms with Gasteiger partial charge in [0.25, 0.3) is 11.9 Å². The third kappa shape index (κ3) is 1.93. The second-order valence-electron chi connectivity index (χ2n) is 2.14. The number of rotatable bonds is 2. The van der Waals surface area contributed by atoms with Crippen molar-refractivity contribution in [3.63, 3.8) is 0 Å². The van der Waals surface area contributed by atoms with Crippen molar-refractivity contribution in [3.8, 4) is 11.9 Å². The van der Waals surface area contributed by atoms with E-state index in [1.807, 2.05) is 0 Å². The summed E-state index contributed by atoms with van der Waals surface area (Å²) in [7, 11) is 1.44. The lowest BCUT2D eigenvalue weighted by Crippen LogP contribution is -1.94. The van der Waals surface area contributed by atoms with E-state index in [1.165, 1.54) is 19.4 Å². The maximum absolute atomic E-state index is 11.1. The smallest absolute Gasteiger partial charge is 0.287 e. The van der Waals surface area contributed by atoms with Crippen molar-refractivity contribution in [1.29, 1.82) is 5.26 Å². The fourth-order valence-corrected chi connectivity index (χ4v) is 0.882. The quantitative estimate of drug-likeness (QED) is 0.299. The van der Waals surface area contributed by atoms with Crippen molar-refractivity contribution in [1.82, 2.24) is 0 Å². The molecule has 0 saturated carbocycles. The first kappa shape index (κ1) is 9.00. The molecule has 0 saturated heterocycles. The van der Waals surface area contributed by atoms with Gasteiger partial charge in [-0.2, -0.15) is 5.26 Å². The SMILES string of the molecule is COc1ccccc1[N+]([O-])=NC#N. The Morgan fingerprint density at radius 1 is 1.54 bits per heavy atom. The monoisotopic (exact) mass is 177 g/mol. The molecule has 0 radical (unpaired) electrons. The highest BCUT2D eigenvalue weighted by molar-refractivity contribution is 5.45. The Bertz CT molecular complexity index is 368. The molecule has 0 amide bonds. The van der Waals surface area contributed by atoms with E-state index >= 15 is 0 Å². The molecule has 1 rings (SSSR count). The molecule has 5 heteroatoms. The van der Waals surface area contributed by atoms with E-state index < -0.39 is 0 Å². The first-order valence-electron chi connectivity index (χ1n) is 3.49. The van der Waals surface area contributed by atoms with E-state index in [2.05, 4.69) is 5.11 Å². The van der Waals surface area contributed by atoms with Crippen LogP contribution in [0.25, 0.3) is 0 Å². The molecule has 0 N–H and O–H groups in total. The van der Waals surface area contributed by atoms with Gasteiger partial charge in [0.2, 0.25) is 0 Å². The van der Waals surface area contributed by atoms with Gasteiger partial charge in [-0.3, -0.25) is 0 Å². The summed E-state index contributed by atoms with van der Waals surface area (Å²) in [5, 5.41) is 22.2. The van der Waals surface area contributed by atoms with Crippen LogP contribution in [-0.4, -0.2) is 12.0 Å². The standard InChI is InChI=1S/C8H7N3O2/c1-13-8-5-3-2-4-7(8)11(12)10-6-9/h2-5H,1H3. The van der Waals surface area contributed by atoms with Gasteiger partial charge in [-0.05, 0) is 10.9 Å². The van der Waals surface area contributed by atoms with Crippen LogP contribution in [0, 0.1) is 16.7 Å². The highest BCUT2D eigenvalue weighted by Gasteiger charge is 2.10. The summed E-state index contributed by atoms with van der Waals surface area (Å²) in [4.78, 5) is 0.221. The van der Waals surface area contributed by atoms with Crippen LogP contribution in [0.15, 0.2) is 29.4 Å². The van der Waals surface area contributed by atoms with Crippen LogP contribution >= 0.6 is 0 Å². The number of azo groups is 1. The van der Waals surface area contributed by atoms with E-state index in [-0.39, 0.29) is 10.5 Å². The highest BCUT2D eigenvalue weighted by atomic mass is 16.5. The molecule has 0 aliphatic carbocycles. The summed E-state index contributed by atoms with van der Waals surface area (Å²) in [6, 6.07) is 6.53. The lowest BCUT2D eigenvalue weighted by atomic mass is 10.3. The summed E-state index contributed by atoms with van der Waals surface area (Å²) in [5.41, 5.74) is 0.214. The zero-order chi connectivity index (χ0) is 9.68. The van der Waals surface area contributed by atoms with E-state index in [0.29, 0.717) is 5.75 Å². The first-order valence-corrected chi connectivity index (χ1v) is 3.49. The number of ether oxygens (including phenoxy) is 1. The van der Waals surface area contributed by atoms with Crippen LogP contribution in [0.5, 0.6) is 5.75 Å². The van der Waals surface area contributed by atoms with Crippen LogP contribution in [0.4, 0.5) is 5.69 Å². The summed E-state index contributed by atoms with van der Waals surface area (Å²) in [5.74, 6) is 0.386. The number of hydrogen-bond acceptors (Lipinski definition) is 4. The molecule has 0 atom stereocenters. The number of nitriles is 1. The van der Waals surface area contributed by atoms with Crippen molar-refractivity contribution < 1.29 is 9.60 Å². The third-order valence-corrected chi connectivity index (χ3v) is 1.43. The maximum atomic E-state index is 11.1. The molecule has 0 heterocycles. The molecule has 0 spiro atoms. The van der Waals surface area contributed by atoms with Crippen molar-refractivity contribution >= 4 is 5.69 Å². The van der Waals surface area contributed by atoms with Gasteiger partial charge < -0.3 is 9.94 Å². The van der Waals surface area contributed by atoms with Crippen molar-refractivity contribution in [2.24, 2.45) is 5.11 Å². The fraction of sp³-hybridized carbons (Fsp3) is 0.125. The Morgan fingerprint density at radius 2 is 2.23 bits per heavy atom. The van der Waals surface area contributed by atoms with Crippen LogP contribution < -0.4 is 4.74 Å². The largest absolute Gasteiger partial charge is 0.593 e. The topological polar surface area (TPSA) is 71.4 Å². The number of methoxy groups -OCH3 is 1. The molecular weight excluding hydrogens is 170 g/mol. The second-order valence-corrected chi connectivity index (χ2v) is 2.14. The maximum Gasteiger partial charge on any atom is 0.287 e. The Hall–Kier alpha value is -2.09. The molecule has 0 fully saturated rings. The molecule has 13 heavy (non-hydrogen) atoms. The molecular formula is C8H7N3O2. The zero-order valence-corrected chi connectivity index (χ0v) is 6.97. The molecule has 66 valence electrons. The van der Waals surface area contributed by atoms with E-state index in [1.54, 1.807) is 18.2 Å². The first-order chi connectivity index (χ1) is 6.29. The van der Waals surface area contributed by atoms with E-state index in [4.69, 9.17) is 10.00 Å². The van der Waals surface area contributed by atoms with Crippen molar-refractivity contribution in [2.45, 2.75) is 0 Å². The predicted molar refractivity (Wildman–Crippen MR) is 44.3 cm³/mol. The van der Waals surface area contributed by atoms with Gasteiger partial charge in [0.15, 0.2) is 5.75 Å². The molecule has 0 unspecified atom stereocenters. The number of benzene rings is 1. The van der Waals surface area contributed by atoms with Crippen molar-refractivity contribution in [3.05, 3.63) is 29.5 Å². The van der Waals surface area contributed by atoms with Crippen LogP contribution in [0.1, 0.15) is 0 Å². The Balaban J connectivity index is 3.15. The molecule has 0 aromatic heterocycles. The fourth-order valence-electron chi connectivity index (χ4n) is 0.882.